The number of carbonyl (C=O) groups excluding carboxylic acids is 2. The van der Waals surface area contributed by atoms with Crippen LogP contribution in [0.25, 0.3) is 0 Å². The molecule has 0 spiro atoms. The van der Waals surface area contributed by atoms with Crippen molar-refractivity contribution < 1.29 is 14.3 Å². The molecule has 0 atom stereocenters. The minimum atomic E-state index is -0.184. The van der Waals surface area contributed by atoms with Crippen LogP contribution < -0.4 is 20.7 Å². The van der Waals surface area contributed by atoms with Gasteiger partial charge in [-0.3, -0.25) is 9.59 Å². The van der Waals surface area contributed by atoms with Crippen LogP contribution in [-0.2, 0) is 4.79 Å². The molecule has 2 rings (SSSR count). The molecule has 0 heterocycles. The molecule has 0 fully saturated rings. The van der Waals surface area contributed by atoms with E-state index in [-0.39, 0.29) is 18.4 Å². The Bertz CT molecular complexity index is 816. The van der Waals surface area contributed by atoms with Crippen LogP contribution in [0, 0.1) is 0 Å². The molecule has 0 aliphatic heterocycles. The van der Waals surface area contributed by atoms with Gasteiger partial charge in [-0.1, -0.05) is 19.6 Å². The zero-order valence-corrected chi connectivity index (χ0v) is 16.4. The molecule has 0 saturated carbocycles. The lowest BCUT2D eigenvalue weighted by Crippen LogP contribution is -2.24. The summed E-state index contributed by atoms with van der Waals surface area (Å²) in [6.45, 7) is 8.91. The molecule has 0 aromatic heterocycles. The summed E-state index contributed by atoms with van der Waals surface area (Å²) in [5.74, 6) is 0.414. The Morgan fingerprint density at radius 3 is 2.50 bits per heavy atom. The maximum Gasteiger partial charge on any atom is 0.251 e. The molecule has 2 aromatic rings. The first-order valence-corrected chi connectivity index (χ1v) is 9.27. The van der Waals surface area contributed by atoms with E-state index >= 15 is 0 Å². The van der Waals surface area contributed by atoms with E-state index in [4.69, 9.17) is 4.74 Å². The van der Waals surface area contributed by atoms with Crippen LogP contribution in [0.2, 0.25) is 0 Å². The zero-order chi connectivity index (χ0) is 20.4. The summed E-state index contributed by atoms with van der Waals surface area (Å²) < 4.78 is 5.59. The zero-order valence-electron chi connectivity index (χ0n) is 16.4. The van der Waals surface area contributed by atoms with Gasteiger partial charge in [-0.15, -0.1) is 0 Å². The topological polar surface area (TPSA) is 79.5 Å². The largest absolute Gasteiger partial charge is 0.489 e. The highest BCUT2D eigenvalue weighted by Crippen LogP contribution is 2.18. The predicted octanol–water partition coefficient (Wildman–Crippen LogP) is 3.83. The molecule has 2 amide bonds. The van der Waals surface area contributed by atoms with Gasteiger partial charge in [0.25, 0.3) is 5.91 Å². The third-order valence-electron chi connectivity index (χ3n) is 3.74. The van der Waals surface area contributed by atoms with Crippen molar-refractivity contribution in [1.29, 1.82) is 0 Å². The van der Waals surface area contributed by atoms with Gasteiger partial charge in [0, 0.05) is 29.5 Å². The molecule has 0 bridgehead atoms. The second-order valence-corrected chi connectivity index (χ2v) is 6.51. The van der Waals surface area contributed by atoms with Crippen molar-refractivity contribution in [3.63, 3.8) is 0 Å². The van der Waals surface area contributed by atoms with Gasteiger partial charge in [0.15, 0.2) is 0 Å². The van der Waals surface area contributed by atoms with Crippen molar-refractivity contribution in [1.82, 2.24) is 5.32 Å². The van der Waals surface area contributed by atoms with Crippen molar-refractivity contribution in [2.45, 2.75) is 20.3 Å². The number of hydrogen-bond acceptors (Lipinski definition) is 4. The fourth-order valence-electron chi connectivity index (χ4n) is 2.34. The Hall–Kier alpha value is -3.28. The van der Waals surface area contributed by atoms with Crippen molar-refractivity contribution in [3.8, 4) is 5.75 Å². The standard InChI is InChI=1S/C22H27N3O3/c1-4-12-23-22(27)17-8-10-18(11-9-17)25-21(26)14-24-19-6-5-7-20(13-19)28-15-16(2)3/h5-11,13,24H,2,4,12,14-15H2,1,3H3,(H,23,27)(H,25,26). The molecule has 3 N–H and O–H groups in total. The number of benzene rings is 2. The number of nitrogens with one attached hydrogen (secondary N) is 3. The summed E-state index contributed by atoms with van der Waals surface area (Å²) in [6.07, 6.45) is 0.885. The first-order valence-electron chi connectivity index (χ1n) is 9.27. The Morgan fingerprint density at radius 1 is 1.07 bits per heavy atom. The van der Waals surface area contributed by atoms with Crippen molar-refractivity contribution in [2.24, 2.45) is 0 Å². The van der Waals surface area contributed by atoms with E-state index < -0.39 is 0 Å². The molecule has 148 valence electrons. The first-order chi connectivity index (χ1) is 13.5. The van der Waals surface area contributed by atoms with E-state index in [0.29, 0.717) is 30.2 Å². The molecular weight excluding hydrogens is 354 g/mol. The van der Waals surface area contributed by atoms with Gasteiger partial charge in [0.2, 0.25) is 5.91 Å². The van der Waals surface area contributed by atoms with Gasteiger partial charge in [-0.05, 0) is 55.3 Å². The van der Waals surface area contributed by atoms with Crippen LogP contribution in [0.3, 0.4) is 0 Å². The smallest absolute Gasteiger partial charge is 0.251 e. The second kappa shape index (κ2) is 10.8. The number of anilines is 2. The van der Waals surface area contributed by atoms with Crippen molar-refractivity contribution in [2.75, 3.05) is 30.3 Å². The molecule has 28 heavy (non-hydrogen) atoms. The van der Waals surface area contributed by atoms with Gasteiger partial charge in [-0.2, -0.15) is 0 Å². The summed E-state index contributed by atoms with van der Waals surface area (Å²) >= 11 is 0. The molecule has 0 unspecified atom stereocenters. The second-order valence-electron chi connectivity index (χ2n) is 6.51. The summed E-state index contributed by atoms with van der Waals surface area (Å²) in [5, 5.41) is 8.68. The van der Waals surface area contributed by atoms with Crippen LogP contribution in [0.4, 0.5) is 11.4 Å². The Balaban J connectivity index is 1.83. The number of rotatable bonds is 10. The molecule has 0 saturated heterocycles. The van der Waals surface area contributed by atoms with E-state index in [2.05, 4.69) is 22.5 Å². The van der Waals surface area contributed by atoms with Crippen LogP contribution >= 0.6 is 0 Å². The fraction of sp³-hybridized carbons (Fsp3) is 0.273. The van der Waals surface area contributed by atoms with Crippen molar-refractivity contribution >= 4 is 23.2 Å². The molecule has 2 aromatic carbocycles. The Morgan fingerprint density at radius 2 is 1.82 bits per heavy atom. The molecule has 0 aliphatic carbocycles. The number of hydrogen-bond donors (Lipinski definition) is 3. The van der Waals surface area contributed by atoms with Gasteiger partial charge in [0.05, 0.1) is 6.54 Å². The lowest BCUT2D eigenvalue weighted by Gasteiger charge is -2.10. The maximum absolute atomic E-state index is 12.2. The summed E-state index contributed by atoms with van der Waals surface area (Å²) in [6, 6.07) is 14.2. The van der Waals surface area contributed by atoms with Crippen molar-refractivity contribution in [3.05, 3.63) is 66.2 Å². The average Bonchev–Trinajstić information content (AvgIpc) is 2.70. The van der Waals surface area contributed by atoms with E-state index in [1.165, 1.54) is 0 Å². The number of ether oxygens (including phenoxy) is 1. The van der Waals surface area contributed by atoms with E-state index in [0.717, 1.165) is 17.7 Å². The summed E-state index contributed by atoms with van der Waals surface area (Å²) in [4.78, 5) is 24.0. The van der Waals surface area contributed by atoms with Crippen LogP contribution in [-0.4, -0.2) is 31.5 Å². The van der Waals surface area contributed by atoms with E-state index in [9.17, 15) is 9.59 Å². The van der Waals surface area contributed by atoms with Gasteiger partial charge >= 0.3 is 0 Å². The van der Waals surface area contributed by atoms with Gasteiger partial charge < -0.3 is 20.7 Å². The molecule has 6 heteroatoms. The third-order valence-corrected chi connectivity index (χ3v) is 3.74. The highest BCUT2D eigenvalue weighted by atomic mass is 16.5. The monoisotopic (exact) mass is 381 g/mol. The van der Waals surface area contributed by atoms with Crippen LogP contribution in [0.1, 0.15) is 30.6 Å². The van der Waals surface area contributed by atoms with Crippen LogP contribution in [0.5, 0.6) is 5.75 Å². The van der Waals surface area contributed by atoms with Crippen LogP contribution in [0.15, 0.2) is 60.7 Å². The fourth-order valence-corrected chi connectivity index (χ4v) is 2.34. The Kier molecular flexibility index (Phi) is 8.09. The molecule has 0 aliphatic rings. The van der Waals surface area contributed by atoms with E-state index in [1.807, 2.05) is 38.1 Å². The first kappa shape index (κ1) is 21.0. The molecular formula is C22H27N3O3. The highest BCUT2D eigenvalue weighted by molar-refractivity contribution is 5.96. The molecule has 0 radical (unpaired) electrons. The normalized spacial score (nSPS) is 10.1. The van der Waals surface area contributed by atoms with Gasteiger partial charge in [-0.25, -0.2) is 0 Å². The van der Waals surface area contributed by atoms with Gasteiger partial charge in [0.1, 0.15) is 12.4 Å². The lowest BCUT2D eigenvalue weighted by molar-refractivity contribution is -0.114. The lowest BCUT2D eigenvalue weighted by atomic mass is 10.2. The Labute approximate surface area is 166 Å². The highest BCUT2D eigenvalue weighted by Gasteiger charge is 2.06. The number of carbonyl (C=O) groups is 2. The molecule has 6 nitrogen and oxygen atoms in total. The SMILES string of the molecule is C=C(C)COc1cccc(NCC(=O)Nc2ccc(C(=O)NCCC)cc2)c1. The minimum Gasteiger partial charge on any atom is -0.489 e. The third kappa shape index (κ3) is 7.15. The maximum atomic E-state index is 12.2. The number of amides is 2. The predicted molar refractivity (Wildman–Crippen MR) is 113 cm³/mol. The summed E-state index contributed by atoms with van der Waals surface area (Å²) in [5.41, 5.74) is 2.93. The average molecular weight is 381 g/mol. The quantitative estimate of drug-likeness (QED) is 0.547. The van der Waals surface area contributed by atoms with E-state index in [1.54, 1.807) is 24.3 Å². The minimum absolute atomic E-state index is 0.114. The summed E-state index contributed by atoms with van der Waals surface area (Å²) in [7, 11) is 0.